The van der Waals surface area contributed by atoms with Gasteiger partial charge >= 0.3 is 0 Å². The van der Waals surface area contributed by atoms with Crippen LogP contribution in [0.15, 0.2) is 31.0 Å². The largest absolute Gasteiger partial charge is 0.367 e. The average Bonchev–Trinajstić information content (AvgIpc) is 2.38. The van der Waals surface area contributed by atoms with E-state index in [9.17, 15) is 4.79 Å². The van der Waals surface area contributed by atoms with Crippen LogP contribution < -0.4 is 4.90 Å². The van der Waals surface area contributed by atoms with Gasteiger partial charge in [0.25, 0.3) is 0 Å². The van der Waals surface area contributed by atoms with Crippen molar-refractivity contribution in [3.05, 3.63) is 36.7 Å². The summed E-state index contributed by atoms with van der Waals surface area (Å²) >= 11 is 0. The van der Waals surface area contributed by atoms with Gasteiger partial charge in [-0.2, -0.15) is 0 Å². The number of aromatic nitrogens is 1. The fourth-order valence-corrected chi connectivity index (χ4v) is 1.67. The van der Waals surface area contributed by atoms with Gasteiger partial charge in [-0.15, -0.1) is 6.58 Å². The number of carbonyl (C=O) groups is 1. The Kier molecular flexibility index (Phi) is 5.40. The van der Waals surface area contributed by atoms with E-state index in [-0.39, 0.29) is 5.78 Å². The molecule has 17 heavy (non-hydrogen) atoms. The lowest BCUT2D eigenvalue weighted by atomic mass is 10.2. The van der Waals surface area contributed by atoms with Gasteiger partial charge in [-0.25, -0.2) is 0 Å². The Morgan fingerprint density at radius 3 is 2.71 bits per heavy atom. The highest BCUT2D eigenvalue weighted by atomic mass is 16.1. The Balaban J connectivity index is 2.83. The van der Waals surface area contributed by atoms with Crippen LogP contribution in [0.4, 0.5) is 5.69 Å². The summed E-state index contributed by atoms with van der Waals surface area (Å²) in [6.07, 6.45) is 5.21. The van der Waals surface area contributed by atoms with Crippen LogP contribution in [0, 0.1) is 0 Å². The second-order valence-corrected chi connectivity index (χ2v) is 3.91. The Bertz CT molecular complexity index is 370. The van der Waals surface area contributed by atoms with Gasteiger partial charge in [0, 0.05) is 19.5 Å². The van der Waals surface area contributed by atoms with Crippen molar-refractivity contribution in [2.24, 2.45) is 0 Å². The molecule has 1 aromatic heterocycles. The van der Waals surface area contributed by atoms with Crippen molar-refractivity contribution >= 4 is 11.5 Å². The molecule has 0 radical (unpaired) electrons. The van der Waals surface area contributed by atoms with Crippen LogP contribution in [0.3, 0.4) is 0 Å². The molecule has 92 valence electrons. The lowest BCUT2D eigenvalue weighted by Crippen LogP contribution is -2.24. The van der Waals surface area contributed by atoms with E-state index in [1.165, 1.54) is 0 Å². The molecule has 0 fully saturated rings. The number of Topliss-reactive ketones (excluding diaryl/α,β-unsaturated/α-hetero) is 1. The molecule has 0 saturated heterocycles. The summed E-state index contributed by atoms with van der Waals surface area (Å²) in [5, 5.41) is 0. The third kappa shape index (κ3) is 3.70. The molecular formula is C14H20N2O. The van der Waals surface area contributed by atoms with E-state index in [4.69, 9.17) is 0 Å². The summed E-state index contributed by atoms with van der Waals surface area (Å²) in [4.78, 5) is 17.9. The molecule has 0 aliphatic heterocycles. The fourth-order valence-electron chi connectivity index (χ4n) is 1.67. The molecule has 0 atom stereocenters. The molecule has 0 unspecified atom stereocenters. The van der Waals surface area contributed by atoms with E-state index in [0.717, 1.165) is 25.2 Å². The van der Waals surface area contributed by atoms with Crippen LogP contribution in [-0.4, -0.2) is 23.9 Å². The second kappa shape index (κ2) is 6.84. The fraction of sp³-hybridized carbons (Fsp3) is 0.429. The predicted molar refractivity (Wildman–Crippen MR) is 71.6 cm³/mol. The maximum atomic E-state index is 11.5. The molecular weight excluding hydrogens is 212 g/mol. The van der Waals surface area contributed by atoms with Gasteiger partial charge in [-0.1, -0.05) is 19.9 Å². The van der Waals surface area contributed by atoms with Crippen molar-refractivity contribution in [3.8, 4) is 0 Å². The molecule has 0 aliphatic rings. The van der Waals surface area contributed by atoms with Crippen LogP contribution in [0.1, 0.15) is 37.2 Å². The van der Waals surface area contributed by atoms with Crippen LogP contribution in [0.25, 0.3) is 0 Å². The lowest BCUT2D eigenvalue weighted by Gasteiger charge is -2.22. The molecule has 1 heterocycles. The van der Waals surface area contributed by atoms with Crippen molar-refractivity contribution < 1.29 is 4.79 Å². The van der Waals surface area contributed by atoms with Crippen molar-refractivity contribution in [2.75, 3.05) is 18.0 Å². The minimum atomic E-state index is 0.0855. The first-order chi connectivity index (χ1) is 8.22. The number of hydrogen-bond donors (Lipinski definition) is 0. The summed E-state index contributed by atoms with van der Waals surface area (Å²) in [5.41, 5.74) is 1.59. The zero-order chi connectivity index (χ0) is 12.7. The van der Waals surface area contributed by atoms with E-state index in [2.05, 4.69) is 23.4 Å². The molecule has 0 N–H and O–H groups in total. The number of ketones is 1. The minimum Gasteiger partial charge on any atom is -0.367 e. The number of rotatable bonds is 7. The van der Waals surface area contributed by atoms with E-state index in [0.29, 0.717) is 12.1 Å². The third-order valence-electron chi connectivity index (χ3n) is 2.56. The summed E-state index contributed by atoms with van der Waals surface area (Å²) in [6, 6.07) is 3.75. The quantitative estimate of drug-likeness (QED) is 0.535. The normalized spacial score (nSPS) is 10.0. The monoisotopic (exact) mass is 232 g/mol. The zero-order valence-electron chi connectivity index (χ0n) is 10.6. The number of carbonyl (C=O) groups excluding carboxylic acids is 1. The minimum absolute atomic E-state index is 0.0855. The Hall–Kier alpha value is -1.64. The Labute approximate surface area is 103 Å². The molecule has 0 saturated carbocycles. The summed E-state index contributed by atoms with van der Waals surface area (Å²) in [7, 11) is 0. The predicted octanol–water partition coefficient (Wildman–Crippen LogP) is 3.08. The van der Waals surface area contributed by atoms with Crippen molar-refractivity contribution in [3.63, 3.8) is 0 Å². The standard InChI is InChI=1S/C14H20N2O/c1-4-9-16(10-5-2)12-7-8-13(15-11-12)14(17)6-3/h4,7-8,11H,1,5-6,9-10H2,2-3H3. The van der Waals surface area contributed by atoms with Crippen LogP contribution in [-0.2, 0) is 0 Å². The van der Waals surface area contributed by atoms with Gasteiger partial charge in [-0.05, 0) is 18.6 Å². The van der Waals surface area contributed by atoms with E-state index >= 15 is 0 Å². The Morgan fingerprint density at radius 2 is 2.24 bits per heavy atom. The summed E-state index contributed by atoms with van der Waals surface area (Å²) < 4.78 is 0. The average molecular weight is 232 g/mol. The molecule has 1 rings (SSSR count). The van der Waals surface area contributed by atoms with Crippen LogP contribution in [0.2, 0.25) is 0 Å². The highest BCUT2D eigenvalue weighted by molar-refractivity contribution is 5.94. The second-order valence-electron chi connectivity index (χ2n) is 3.91. The first-order valence-corrected chi connectivity index (χ1v) is 6.08. The topological polar surface area (TPSA) is 33.2 Å². The number of hydrogen-bond acceptors (Lipinski definition) is 3. The molecule has 0 aromatic carbocycles. The third-order valence-corrected chi connectivity index (χ3v) is 2.56. The van der Waals surface area contributed by atoms with Crippen molar-refractivity contribution in [1.29, 1.82) is 0 Å². The zero-order valence-corrected chi connectivity index (χ0v) is 10.6. The lowest BCUT2D eigenvalue weighted by molar-refractivity contribution is 0.0983. The number of nitrogens with zero attached hydrogens (tertiary/aromatic N) is 2. The Morgan fingerprint density at radius 1 is 1.47 bits per heavy atom. The van der Waals surface area contributed by atoms with Gasteiger partial charge in [-0.3, -0.25) is 9.78 Å². The molecule has 3 nitrogen and oxygen atoms in total. The van der Waals surface area contributed by atoms with Gasteiger partial charge in [0.05, 0.1) is 11.9 Å². The van der Waals surface area contributed by atoms with Gasteiger partial charge < -0.3 is 4.90 Å². The molecule has 1 aromatic rings. The van der Waals surface area contributed by atoms with Crippen molar-refractivity contribution in [2.45, 2.75) is 26.7 Å². The molecule has 0 aliphatic carbocycles. The van der Waals surface area contributed by atoms with Crippen LogP contribution in [0.5, 0.6) is 0 Å². The molecule has 0 bridgehead atoms. The number of pyridine rings is 1. The smallest absolute Gasteiger partial charge is 0.180 e. The summed E-state index contributed by atoms with van der Waals surface area (Å²) in [6.45, 7) is 9.50. The first kappa shape index (κ1) is 13.4. The van der Waals surface area contributed by atoms with Crippen LogP contribution >= 0.6 is 0 Å². The van der Waals surface area contributed by atoms with Gasteiger partial charge in [0.15, 0.2) is 5.78 Å². The molecule has 3 heteroatoms. The van der Waals surface area contributed by atoms with E-state index in [1.807, 2.05) is 19.1 Å². The first-order valence-electron chi connectivity index (χ1n) is 6.08. The summed E-state index contributed by atoms with van der Waals surface area (Å²) in [5.74, 6) is 0.0855. The molecule has 0 spiro atoms. The maximum Gasteiger partial charge on any atom is 0.180 e. The van der Waals surface area contributed by atoms with Crippen molar-refractivity contribution in [1.82, 2.24) is 4.98 Å². The van der Waals surface area contributed by atoms with E-state index < -0.39 is 0 Å². The highest BCUT2D eigenvalue weighted by Gasteiger charge is 2.07. The maximum absolute atomic E-state index is 11.5. The highest BCUT2D eigenvalue weighted by Crippen LogP contribution is 2.14. The SMILES string of the molecule is C=CCN(CCC)c1ccc(C(=O)CC)nc1. The van der Waals surface area contributed by atoms with E-state index in [1.54, 1.807) is 12.3 Å². The molecule has 0 amide bonds. The van der Waals surface area contributed by atoms with Gasteiger partial charge in [0.2, 0.25) is 0 Å². The van der Waals surface area contributed by atoms with Gasteiger partial charge in [0.1, 0.15) is 5.69 Å². The number of anilines is 1.